The number of para-hydroxylation sites is 2. The predicted octanol–water partition coefficient (Wildman–Crippen LogP) is 4.89. The highest BCUT2D eigenvalue weighted by Crippen LogP contribution is 2.27. The van der Waals surface area contributed by atoms with Crippen molar-refractivity contribution in [1.29, 1.82) is 0 Å². The number of rotatable bonds is 7. The van der Waals surface area contributed by atoms with Gasteiger partial charge in [-0.1, -0.05) is 42.1 Å². The van der Waals surface area contributed by atoms with Crippen LogP contribution in [0.15, 0.2) is 58.2 Å². The summed E-state index contributed by atoms with van der Waals surface area (Å²) in [5, 5.41) is 10.5. The Morgan fingerprint density at radius 1 is 1.23 bits per heavy atom. The molecule has 2 aromatic heterocycles. The molecule has 7 nitrogen and oxygen atoms in total. The molecule has 0 fully saturated rings. The van der Waals surface area contributed by atoms with Crippen LogP contribution in [0, 0.1) is 4.77 Å². The van der Waals surface area contributed by atoms with Gasteiger partial charge >= 0.3 is 0 Å². The van der Waals surface area contributed by atoms with Gasteiger partial charge in [-0.25, -0.2) is 4.98 Å². The first kappa shape index (κ1) is 20.4. The van der Waals surface area contributed by atoms with Gasteiger partial charge in [-0.15, -0.1) is 0 Å². The van der Waals surface area contributed by atoms with Crippen LogP contribution in [0.1, 0.15) is 41.6 Å². The Morgan fingerprint density at radius 2 is 2.00 bits per heavy atom. The lowest BCUT2D eigenvalue weighted by atomic mass is 10.1. The van der Waals surface area contributed by atoms with E-state index >= 15 is 0 Å². The fraction of sp³-hybridized carbons (Fsp3) is 0.238. The predicted molar refractivity (Wildman–Crippen MR) is 119 cm³/mol. The zero-order valence-corrected chi connectivity index (χ0v) is 18.2. The monoisotopic (exact) mass is 439 g/mol. The Kier molecular flexibility index (Phi) is 6.01. The van der Waals surface area contributed by atoms with E-state index in [0.717, 1.165) is 16.7 Å². The van der Waals surface area contributed by atoms with E-state index in [2.05, 4.69) is 20.5 Å². The smallest absolute Gasteiger partial charge is 0.257 e. The zero-order chi connectivity index (χ0) is 21.1. The van der Waals surface area contributed by atoms with Crippen LogP contribution in [0.2, 0.25) is 0 Å². The fourth-order valence-corrected chi connectivity index (χ4v) is 4.37. The van der Waals surface area contributed by atoms with Crippen LogP contribution in [0.3, 0.4) is 0 Å². The number of carbonyl (C=O) groups excluding carboxylic acids is 1. The van der Waals surface area contributed by atoms with Crippen LogP contribution in [-0.2, 0) is 12.3 Å². The molecule has 0 unspecified atom stereocenters. The summed E-state index contributed by atoms with van der Waals surface area (Å²) >= 11 is 6.72. The Bertz CT molecular complexity index is 1210. The minimum atomic E-state index is -0.159. The fourth-order valence-electron chi connectivity index (χ4n) is 3.17. The largest absolute Gasteiger partial charge is 0.431 e. The van der Waals surface area contributed by atoms with Crippen LogP contribution in [0.4, 0.5) is 0 Å². The number of nitrogens with one attached hydrogen (secondary N) is 2. The lowest BCUT2D eigenvalue weighted by molar-refractivity contribution is 0.0948. The summed E-state index contributed by atoms with van der Waals surface area (Å²) in [5.74, 6) is 1.11. The molecule has 2 N–H and O–H groups in total. The molecule has 9 heteroatoms. The third-order valence-electron chi connectivity index (χ3n) is 4.59. The van der Waals surface area contributed by atoms with E-state index in [1.807, 2.05) is 66.9 Å². The van der Waals surface area contributed by atoms with Crippen LogP contribution >= 0.6 is 24.0 Å². The second kappa shape index (κ2) is 8.85. The molecule has 30 heavy (non-hydrogen) atoms. The number of thioether (sulfide) groups is 1. The maximum atomic E-state index is 12.8. The number of carbonyl (C=O) groups is 1. The summed E-state index contributed by atoms with van der Waals surface area (Å²) in [6.07, 6.45) is 0. The van der Waals surface area contributed by atoms with Crippen molar-refractivity contribution in [3.8, 4) is 0 Å². The number of hydrogen-bond acceptors (Lipinski definition) is 6. The number of fused-ring (bicyclic) bond motifs is 1. The van der Waals surface area contributed by atoms with E-state index < -0.39 is 0 Å². The van der Waals surface area contributed by atoms with E-state index in [1.54, 1.807) is 0 Å². The number of hydrogen-bond donors (Lipinski definition) is 2. The summed E-state index contributed by atoms with van der Waals surface area (Å²) in [6.45, 7) is 4.33. The number of benzene rings is 2. The number of nitrogens with zero attached hydrogens (tertiary/aromatic N) is 3. The second-order valence-electron chi connectivity index (χ2n) is 6.98. The van der Waals surface area contributed by atoms with Gasteiger partial charge in [0.25, 0.3) is 11.1 Å². The summed E-state index contributed by atoms with van der Waals surface area (Å²) in [4.78, 5) is 17.3. The quantitative estimate of drug-likeness (QED) is 0.315. The molecule has 4 aromatic rings. The molecule has 154 valence electrons. The van der Waals surface area contributed by atoms with E-state index in [-0.39, 0.29) is 18.5 Å². The first-order valence-corrected chi connectivity index (χ1v) is 10.9. The minimum absolute atomic E-state index is 0.156. The van der Waals surface area contributed by atoms with Crippen LogP contribution in [-0.4, -0.2) is 25.7 Å². The number of aromatic nitrogens is 4. The standard InChI is InChI=1S/C21H21N5O2S2/c1-13(2)26-18(24-25-20(26)29)11-22-19(27)15-8-4-3-7-14(15)12-30-21-23-16-9-5-6-10-17(16)28-21/h3-10,13H,11-12H2,1-2H3,(H,22,27)(H,25,29). The Labute approximate surface area is 182 Å². The van der Waals surface area contributed by atoms with E-state index in [1.165, 1.54) is 11.8 Å². The average molecular weight is 440 g/mol. The molecule has 4 rings (SSSR count). The first-order chi connectivity index (χ1) is 14.5. The van der Waals surface area contributed by atoms with Crippen molar-refractivity contribution in [2.24, 2.45) is 0 Å². The SMILES string of the molecule is CC(C)n1c(CNC(=O)c2ccccc2CSc2nc3ccccc3o2)n[nH]c1=S. The highest BCUT2D eigenvalue weighted by molar-refractivity contribution is 7.98. The molecule has 0 saturated heterocycles. The molecule has 0 bridgehead atoms. The molecule has 0 aliphatic carbocycles. The summed E-state index contributed by atoms with van der Waals surface area (Å²) in [6, 6.07) is 15.3. The van der Waals surface area contributed by atoms with E-state index in [4.69, 9.17) is 16.6 Å². The summed E-state index contributed by atoms with van der Waals surface area (Å²) in [5.41, 5.74) is 3.10. The number of amides is 1. The highest BCUT2D eigenvalue weighted by Gasteiger charge is 2.15. The highest BCUT2D eigenvalue weighted by atomic mass is 32.2. The van der Waals surface area contributed by atoms with Gasteiger partial charge in [0.15, 0.2) is 16.2 Å². The molecule has 0 saturated carbocycles. The van der Waals surface area contributed by atoms with Crippen molar-refractivity contribution in [3.05, 3.63) is 70.3 Å². The third-order valence-corrected chi connectivity index (χ3v) is 5.75. The summed E-state index contributed by atoms with van der Waals surface area (Å²) in [7, 11) is 0. The molecule has 0 radical (unpaired) electrons. The maximum absolute atomic E-state index is 12.8. The van der Waals surface area contributed by atoms with Gasteiger partial charge in [0.1, 0.15) is 5.52 Å². The number of oxazole rings is 1. The molecule has 2 heterocycles. The van der Waals surface area contributed by atoms with Gasteiger partial charge in [-0.2, -0.15) is 5.10 Å². The van der Waals surface area contributed by atoms with Crippen LogP contribution < -0.4 is 5.32 Å². The third kappa shape index (κ3) is 4.31. The van der Waals surface area contributed by atoms with Crippen LogP contribution in [0.25, 0.3) is 11.1 Å². The molecule has 0 spiro atoms. The maximum Gasteiger partial charge on any atom is 0.257 e. The van der Waals surface area contributed by atoms with Crippen molar-refractivity contribution in [2.45, 2.75) is 37.4 Å². The molecular weight excluding hydrogens is 418 g/mol. The van der Waals surface area contributed by atoms with Crippen molar-refractivity contribution < 1.29 is 9.21 Å². The first-order valence-electron chi connectivity index (χ1n) is 9.53. The van der Waals surface area contributed by atoms with Crippen molar-refractivity contribution in [1.82, 2.24) is 25.1 Å². The van der Waals surface area contributed by atoms with Crippen molar-refractivity contribution >= 4 is 41.0 Å². The Balaban J connectivity index is 1.46. The lowest BCUT2D eigenvalue weighted by Gasteiger charge is -2.12. The molecule has 0 atom stereocenters. The van der Waals surface area contributed by atoms with Crippen molar-refractivity contribution in [2.75, 3.05) is 0 Å². The zero-order valence-electron chi connectivity index (χ0n) is 16.6. The van der Waals surface area contributed by atoms with Gasteiger partial charge in [-0.3, -0.25) is 9.89 Å². The van der Waals surface area contributed by atoms with Gasteiger partial charge < -0.3 is 14.3 Å². The minimum Gasteiger partial charge on any atom is -0.431 e. The van der Waals surface area contributed by atoms with Crippen molar-refractivity contribution in [3.63, 3.8) is 0 Å². The molecule has 0 aliphatic heterocycles. The topological polar surface area (TPSA) is 88.7 Å². The second-order valence-corrected chi connectivity index (χ2v) is 8.30. The van der Waals surface area contributed by atoms with E-state index in [0.29, 0.717) is 27.1 Å². The molecule has 2 aromatic carbocycles. The average Bonchev–Trinajstić information content (AvgIpc) is 3.33. The van der Waals surface area contributed by atoms with Crippen LogP contribution in [0.5, 0.6) is 0 Å². The lowest BCUT2D eigenvalue weighted by Crippen LogP contribution is -2.26. The van der Waals surface area contributed by atoms with Gasteiger partial charge in [-0.05, 0) is 49.8 Å². The van der Waals surface area contributed by atoms with Gasteiger partial charge in [0.05, 0.1) is 6.54 Å². The summed E-state index contributed by atoms with van der Waals surface area (Å²) < 4.78 is 8.20. The molecule has 0 aliphatic rings. The molecular formula is C21H21N5O2S2. The van der Waals surface area contributed by atoms with Gasteiger partial charge in [0.2, 0.25) is 0 Å². The Morgan fingerprint density at radius 3 is 2.80 bits per heavy atom. The normalized spacial score (nSPS) is 11.3. The number of aromatic amines is 1. The number of H-pyrrole nitrogens is 1. The van der Waals surface area contributed by atoms with E-state index in [9.17, 15) is 4.79 Å². The van der Waals surface area contributed by atoms with Gasteiger partial charge in [0, 0.05) is 17.4 Å². The molecule has 1 amide bonds. The Hall–Kier alpha value is -2.91.